The van der Waals surface area contributed by atoms with Crippen molar-refractivity contribution in [1.29, 1.82) is 0 Å². The van der Waals surface area contributed by atoms with Crippen LogP contribution in [0.4, 0.5) is 10.3 Å². The molecule has 0 aliphatic heterocycles. The lowest BCUT2D eigenvalue weighted by Crippen LogP contribution is -2.43. The maximum atomic E-state index is 12.9. The SMILES string of the molecule is C[C@H]1CC1[C@H]1CC(Br)CCC1C(=O)N(C)CC(=O)Nc1ncc(F)cn1. The molecule has 2 aliphatic carbocycles. The van der Waals surface area contributed by atoms with Gasteiger partial charge in [-0.15, -0.1) is 0 Å². The number of carbonyl (C=O) groups is 2. The van der Waals surface area contributed by atoms with E-state index in [1.165, 1.54) is 11.3 Å². The molecular weight excluding hydrogens is 403 g/mol. The van der Waals surface area contributed by atoms with Crippen molar-refractivity contribution in [1.82, 2.24) is 14.9 Å². The summed E-state index contributed by atoms with van der Waals surface area (Å²) in [6.07, 6.45) is 6.03. The van der Waals surface area contributed by atoms with E-state index >= 15 is 0 Å². The van der Waals surface area contributed by atoms with Gasteiger partial charge in [-0.1, -0.05) is 22.9 Å². The molecule has 8 heteroatoms. The number of halogens is 2. The number of anilines is 1. The fourth-order valence-electron chi connectivity index (χ4n) is 4.00. The molecule has 2 amide bonds. The highest BCUT2D eigenvalue weighted by molar-refractivity contribution is 9.09. The summed E-state index contributed by atoms with van der Waals surface area (Å²) in [5.41, 5.74) is 0. The van der Waals surface area contributed by atoms with Gasteiger partial charge in [-0.25, -0.2) is 14.4 Å². The number of alkyl halides is 1. The van der Waals surface area contributed by atoms with Crippen molar-refractivity contribution >= 4 is 33.7 Å². The van der Waals surface area contributed by atoms with Gasteiger partial charge in [0.2, 0.25) is 17.8 Å². The van der Waals surface area contributed by atoms with Crippen LogP contribution in [0, 0.1) is 29.5 Å². The normalized spacial score (nSPS) is 30.5. The van der Waals surface area contributed by atoms with E-state index in [9.17, 15) is 14.0 Å². The van der Waals surface area contributed by atoms with E-state index in [1.807, 2.05) is 0 Å². The fraction of sp³-hybridized carbons (Fsp3) is 0.667. The molecule has 5 atom stereocenters. The van der Waals surface area contributed by atoms with Gasteiger partial charge in [-0.2, -0.15) is 0 Å². The Bertz CT molecular complexity index is 672. The smallest absolute Gasteiger partial charge is 0.246 e. The maximum absolute atomic E-state index is 12.9. The highest BCUT2D eigenvalue weighted by Crippen LogP contribution is 2.52. The molecule has 0 saturated heterocycles. The van der Waals surface area contributed by atoms with Gasteiger partial charge in [-0.05, 0) is 43.4 Å². The molecule has 2 aliphatic rings. The number of rotatable bonds is 5. The van der Waals surface area contributed by atoms with E-state index in [2.05, 4.69) is 38.1 Å². The second kappa shape index (κ2) is 7.98. The molecule has 26 heavy (non-hydrogen) atoms. The van der Waals surface area contributed by atoms with Gasteiger partial charge in [-0.3, -0.25) is 14.9 Å². The van der Waals surface area contributed by atoms with Gasteiger partial charge in [0, 0.05) is 17.8 Å². The van der Waals surface area contributed by atoms with Crippen LogP contribution in [0.15, 0.2) is 12.4 Å². The Labute approximate surface area is 161 Å². The molecule has 1 aromatic rings. The number of aromatic nitrogens is 2. The van der Waals surface area contributed by atoms with Crippen molar-refractivity contribution < 1.29 is 14.0 Å². The van der Waals surface area contributed by atoms with Crippen LogP contribution in [0.5, 0.6) is 0 Å². The van der Waals surface area contributed by atoms with E-state index in [4.69, 9.17) is 0 Å². The van der Waals surface area contributed by atoms with Crippen molar-refractivity contribution in [3.63, 3.8) is 0 Å². The van der Waals surface area contributed by atoms with Crippen molar-refractivity contribution in [3.8, 4) is 0 Å². The summed E-state index contributed by atoms with van der Waals surface area (Å²) < 4.78 is 12.8. The largest absolute Gasteiger partial charge is 0.336 e. The summed E-state index contributed by atoms with van der Waals surface area (Å²) in [4.78, 5) is 34.4. The summed E-state index contributed by atoms with van der Waals surface area (Å²) >= 11 is 3.71. The van der Waals surface area contributed by atoms with Gasteiger partial charge in [0.05, 0.1) is 18.9 Å². The summed E-state index contributed by atoms with van der Waals surface area (Å²) in [6, 6.07) is 0. The monoisotopic (exact) mass is 426 g/mol. The van der Waals surface area contributed by atoms with Crippen LogP contribution < -0.4 is 5.32 Å². The van der Waals surface area contributed by atoms with Crippen LogP contribution >= 0.6 is 15.9 Å². The van der Waals surface area contributed by atoms with Gasteiger partial charge in [0.25, 0.3) is 0 Å². The van der Waals surface area contributed by atoms with Gasteiger partial charge in [0.15, 0.2) is 5.82 Å². The van der Waals surface area contributed by atoms with Gasteiger partial charge >= 0.3 is 0 Å². The fourth-order valence-corrected chi connectivity index (χ4v) is 4.69. The zero-order valence-electron chi connectivity index (χ0n) is 15.0. The molecule has 2 fully saturated rings. The van der Waals surface area contributed by atoms with Crippen LogP contribution in [-0.2, 0) is 9.59 Å². The Morgan fingerprint density at radius 1 is 1.27 bits per heavy atom. The quantitative estimate of drug-likeness (QED) is 0.734. The van der Waals surface area contributed by atoms with Gasteiger partial charge in [0.1, 0.15) is 0 Å². The number of nitrogens with zero attached hydrogens (tertiary/aromatic N) is 3. The molecule has 1 aromatic heterocycles. The molecule has 6 nitrogen and oxygen atoms in total. The molecule has 3 rings (SSSR count). The van der Waals surface area contributed by atoms with Crippen molar-refractivity contribution in [2.75, 3.05) is 18.9 Å². The van der Waals surface area contributed by atoms with Crippen molar-refractivity contribution in [2.24, 2.45) is 23.7 Å². The molecule has 3 unspecified atom stereocenters. The molecule has 142 valence electrons. The highest BCUT2D eigenvalue weighted by Gasteiger charge is 2.47. The second-order valence-corrected chi connectivity index (χ2v) is 8.82. The zero-order valence-corrected chi connectivity index (χ0v) is 16.6. The maximum Gasteiger partial charge on any atom is 0.246 e. The first-order valence-electron chi connectivity index (χ1n) is 9.01. The average Bonchev–Trinajstić information content (AvgIpc) is 3.33. The first kappa shape index (κ1) is 19.2. The molecule has 2 saturated carbocycles. The van der Waals surface area contributed by atoms with Crippen molar-refractivity contribution in [3.05, 3.63) is 18.2 Å². The van der Waals surface area contributed by atoms with E-state index < -0.39 is 11.7 Å². The molecular formula is C18H24BrFN4O2. The van der Waals surface area contributed by atoms with Crippen LogP contribution in [0.2, 0.25) is 0 Å². The van der Waals surface area contributed by atoms with E-state index in [-0.39, 0.29) is 24.3 Å². The summed E-state index contributed by atoms with van der Waals surface area (Å²) in [7, 11) is 1.65. The predicted molar refractivity (Wildman–Crippen MR) is 99.1 cm³/mol. The molecule has 1 heterocycles. The number of likely N-dealkylation sites (N-methyl/N-ethyl adjacent to an activating group) is 1. The number of hydrogen-bond donors (Lipinski definition) is 1. The topological polar surface area (TPSA) is 75.2 Å². The van der Waals surface area contributed by atoms with E-state index in [1.54, 1.807) is 7.05 Å². The number of amides is 2. The van der Waals surface area contributed by atoms with E-state index in [0.717, 1.165) is 31.7 Å². The second-order valence-electron chi connectivity index (χ2n) is 7.52. The standard InChI is InChI=1S/C18H24BrFN4O2/c1-10-5-14(10)15-6-11(19)3-4-13(15)17(26)24(2)9-16(25)23-18-21-7-12(20)8-22-18/h7-8,10-11,13-15H,3-6,9H2,1-2H3,(H,21,22,23,25)/t10-,11?,13?,14?,15-/m0/s1. The third kappa shape index (κ3) is 4.58. The van der Waals surface area contributed by atoms with Crippen LogP contribution in [0.25, 0.3) is 0 Å². The molecule has 1 N–H and O–H groups in total. The third-order valence-electron chi connectivity index (χ3n) is 5.50. The molecule has 0 spiro atoms. The first-order valence-corrected chi connectivity index (χ1v) is 9.93. The third-order valence-corrected chi connectivity index (χ3v) is 6.33. The molecule has 0 aromatic carbocycles. The summed E-state index contributed by atoms with van der Waals surface area (Å²) in [5, 5.41) is 2.49. The lowest BCUT2D eigenvalue weighted by Gasteiger charge is -2.35. The summed E-state index contributed by atoms with van der Waals surface area (Å²) in [5.74, 6) is 0.790. The molecule has 0 radical (unpaired) electrons. The van der Waals surface area contributed by atoms with Crippen molar-refractivity contribution in [2.45, 2.75) is 37.4 Å². The predicted octanol–water partition coefficient (Wildman–Crippen LogP) is 2.85. The summed E-state index contributed by atoms with van der Waals surface area (Å²) in [6.45, 7) is 2.17. The minimum atomic E-state index is -0.571. The van der Waals surface area contributed by atoms with E-state index in [0.29, 0.717) is 22.6 Å². The van der Waals surface area contributed by atoms with Crippen LogP contribution in [0.1, 0.15) is 32.6 Å². The minimum absolute atomic E-state index is 0.0152. The Hall–Kier alpha value is -1.57. The Morgan fingerprint density at radius 3 is 2.54 bits per heavy atom. The Balaban J connectivity index is 1.57. The number of carbonyl (C=O) groups excluding carboxylic acids is 2. The lowest BCUT2D eigenvalue weighted by molar-refractivity contribution is -0.140. The number of hydrogen-bond acceptors (Lipinski definition) is 4. The van der Waals surface area contributed by atoms with Gasteiger partial charge < -0.3 is 4.90 Å². The first-order chi connectivity index (χ1) is 12.3. The van der Waals surface area contributed by atoms with Crippen LogP contribution in [-0.4, -0.2) is 45.1 Å². The molecule has 0 bridgehead atoms. The number of nitrogens with one attached hydrogen (secondary N) is 1. The highest BCUT2D eigenvalue weighted by atomic mass is 79.9. The lowest BCUT2D eigenvalue weighted by atomic mass is 9.75. The zero-order chi connectivity index (χ0) is 18.8. The Morgan fingerprint density at radius 2 is 1.92 bits per heavy atom. The van der Waals surface area contributed by atoms with Crippen LogP contribution in [0.3, 0.4) is 0 Å². The minimum Gasteiger partial charge on any atom is -0.336 e. The average molecular weight is 427 g/mol. The Kier molecular flexibility index (Phi) is 5.89.